The van der Waals surface area contributed by atoms with Gasteiger partial charge in [-0.15, -0.1) is 0 Å². The molecule has 2 nitrogen and oxygen atoms in total. The van der Waals surface area contributed by atoms with E-state index in [1.54, 1.807) is 0 Å². The minimum atomic E-state index is -2.26. The van der Waals surface area contributed by atoms with Gasteiger partial charge in [0.05, 0.1) is 5.56 Å². The fourth-order valence-electron chi connectivity index (χ4n) is 1.51. The second-order valence-corrected chi connectivity index (χ2v) is 4.00. The van der Waals surface area contributed by atoms with Gasteiger partial charge in [0.25, 0.3) is 0 Å². The van der Waals surface area contributed by atoms with Crippen LogP contribution in [0.15, 0.2) is 29.4 Å². The number of benzene rings is 2. The summed E-state index contributed by atoms with van der Waals surface area (Å²) < 4.78 is 78.4. The average Bonchev–Trinajstić information content (AvgIpc) is 2.52. The van der Waals surface area contributed by atoms with Crippen molar-refractivity contribution in [3.63, 3.8) is 0 Å². The lowest BCUT2D eigenvalue weighted by atomic mass is 10.2. The van der Waals surface area contributed by atoms with E-state index in [2.05, 4.69) is 16.2 Å². The largest absolute Gasteiger partial charge is 0.390 e. The maximum Gasteiger partial charge on any atom is 0.200 e. The highest BCUT2D eigenvalue weighted by Crippen LogP contribution is 2.23. The summed E-state index contributed by atoms with van der Waals surface area (Å²) in [5, 5.41) is 3.10. The molecular formula is C14H6F6NO. The first kappa shape index (κ1) is 15.9. The van der Waals surface area contributed by atoms with Crippen molar-refractivity contribution in [1.82, 2.24) is 0 Å². The van der Waals surface area contributed by atoms with Gasteiger partial charge in [-0.2, -0.15) is 0 Å². The van der Waals surface area contributed by atoms with E-state index in [1.165, 1.54) is 18.2 Å². The van der Waals surface area contributed by atoms with Gasteiger partial charge in [0, 0.05) is 5.56 Å². The average molecular weight is 318 g/mol. The summed E-state index contributed by atoms with van der Waals surface area (Å²) in [5.41, 5.74) is -1.28. The molecule has 0 heterocycles. The van der Waals surface area contributed by atoms with Crippen molar-refractivity contribution in [2.45, 2.75) is 6.61 Å². The lowest BCUT2D eigenvalue weighted by Crippen LogP contribution is -2.07. The smallest absolute Gasteiger partial charge is 0.200 e. The fourth-order valence-corrected chi connectivity index (χ4v) is 1.51. The molecular weight excluding hydrogens is 312 g/mol. The molecule has 0 amide bonds. The van der Waals surface area contributed by atoms with Gasteiger partial charge in [-0.3, -0.25) is 0 Å². The van der Waals surface area contributed by atoms with Crippen molar-refractivity contribution in [2.75, 3.05) is 0 Å². The molecule has 0 spiro atoms. The molecule has 0 aliphatic rings. The molecule has 0 unspecified atom stereocenters. The molecule has 0 aromatic heterocycles. The Morgan fingerprint density at radius 2 is 1.36 bits per heavy atom. The van der Waals surface area contributed by atoms with Gasteiger partial charge in [0.2, 0.25) is 5.82 Å². The fraction of sp³-hybridized carbons (Fsp3) is 0.0714. The molecule has 0 bridgehead atoms. The standard InChI is InChI=1S/C14H6F6NO/c15-9-4-2-1-3-7(9)5-21-22-6-8-10(16)12(18)14(20)13(19)11(8)17/h1-4H,6H2. The predicted octanol–water partition coefficient (Wildman–Crippen LogP) is 3.95. The maximum atomic E-state index is 13.3. The molecule has 0 saturated carbocycles. The Kier molecular flexibility index (Phi) is 4.69. The molecule has 22 heavy (non-hydrogen) atoms. The summed E-state index contributed by atoms with van der Waals surface area (Å²) in [6, 6.07) is 5.30. The topological polar surface area (TPSA) is 21.6 Å². The molecule has 2 aromatic carbocycles. The van der Waals surface area contributed by atoms with Crippen molar-refractivity contribution >= 4 is 6.21 Å². The van der Waals surface area contributed by atoms with Crippen molar-refractivity contribution < 1.29 is 31.2 Å². The Balaban J connectivity index is 2.15. The van der Waals surface area contributed by atoms with Gasteiger partial charge in [-0.1, -0.05) is 17.3 Å². The maximum absolute atomic E-state index is 13.3. The van der Waals surface area contributed by atoms with Crippen LogP contribution >= 0.6 is 0 Å². The van der Waals surface area contributed by atoms with Gasteiger partial charge in [-0.05, 0) is 12.1 Å². The van der Waals surface area contributed by atoms with Crippen molar-refractivity contribution in [3.05, 3.63) is 70.3 Å². The Labute approximate surface area is 120 Å². The second kappa shape index (κ2) is 6.50. The van der Waals surface area contributed by atoms with Crippen LogP contribution in [-0.4, -0.2) is 6.21 Å². The van der Waals surface area contributed by atoms with E-state index in [0.717, 1.165) is 6.07 Å². The number of hydrogen-bond donors (Lipinski definition) is 0. The number of hydrogen-bond acceptors (Lipinski definition) is 2. The summed E-state index contributed by atoms with van der Waals surface area (Å²) in [6.07, 6.45) is 2.08. The highest BCUT2D eigenvalue weighted by atomic mass is 19.2. The quantitative estimate of drug-likeness (QED) is 0.275. The van der Waals surface area contributed by atoms with Crippen LogP contribution in [-0.2, 0) is 11.4 Å². The van der Waals surface area contributed by atoms with Crippen LogP contribution < -0.4 is 0 Å². The minimum Gasteiger partial charge on any atom is -0.390 e. The van der Waals surface area contributed by atoms with E-state index in [-0.39, 0.29) is 5.56 Å². The second-order valence-electron chi connectivity index (χ2n) is 4.00. The van der Waals surface area contributed by atoms with Crippen LogP contribution in [0.2, 0.25) is 0 Å². The van der Waals surface area contributed by atoms with Crippen LogP contribution in [0.1, 0.15) is 11.1 Å². The van der Waals surface area contributed by atoms with Crippen LogP contribution in [0.5, 0.6) is 0 Å². The minimum absolute atomic E-state index is 0.0973. The molecule has 0 aliphatic heterocycles. The van der Waals surface area contributed by atoms with E-state index in [9.17, 15) is 26.3 Å². The van der Waals surface area contributed by atoms with Crippen molar-refractivity contribution in [2.24, 2.45) is 5.16 Å². The lowest BCUT2D eigenvalue weighted by Gasteiger charge is -2.06. The normalized spacial score (nSPS) is 11.2. The number of rotatable bonds is 4. The third-order valence-electron chi connectivity index (χ3n) is 2.61. The summed E-state index contributed by atoms with van der Waals surface area (Å²) in [4.78, 5) is 4.40. The number of halogens is 6. The van der Waals surface area contributed by atoms with Crippen molar-refractivity contribution in [1.29, 1.82) is 0 Å². The molecule has 115 valence electrons. The Hall–Kier alpha value is -2.51. The summed E-state index contributed by atoms with van der Waals surface area (Å²) in [5.74, 6) is -11.1. The zero-order chi connectivity index (χ0) is 16.3. The molecule has 2 aromatic rings. The Morgan fingerprint density at radius 3 is 1.95 bits per heavy atom. The molecule has 0 atom stereocenters. The molecule has 0 N–H and O–H groups in total. The molecule has 1 radical (unpaired) electrons. The molecule has 0 saturated heterocycles. The van der Waals surface area contributed by atoms with Gasteiger partial charge >= 0.3 is 0 Å². The highest BCUT2D eigenvalue weighted by molar-refractivity contribution is 5.79. The molecule has 0 fully saturated rings. The van der Waals surface area contributed by atoms with Crippen molar-refractivity contribution in [3.8, 4) is 0 Å². The lowest BCUT2D eigenvalue weighted by molar-refractivity contribution is 0.124. The first-order chi connectivity index (χ1) is 10.4. The molecule has 8 heteroatoms. The third kappa shape index (κ3) is 3.05. The van der Waals surface area contributed by atoms with E-state index in [1.807, 2.05) is 0 Å². The first-order valence-electron chi connectivity index (χ1n) is 5.76. The van der Waals surface area contributed by atoms with Crippen LogP contribution in [0.3, 0.4) is 0 Å². The highest BCUT2D eigenvalue weighted by Gasteiger charge is 2.25. The summed E-state index contributed by atoms with van der Waals surface area (Å²) >= 11 is 0. The van der Waals surface area contributed by atoms with Gasteiger partial charge in [0.1, 0.15) is 18.6 Å². The Morgan fingerprint density at radius 1 is 0.818 bits per heavy atom. The van der Waals surface area contributed by atoms with Gasteiger partial charge in [-0.25, -0.2) is 26.3 Å². The zero-order valence-electron chi connectivity index (χ0n) is 10.6. The van der Waals surface area contributed by atoms with Crippen LogP contribution in [0, 0.1) is 34.9 Å². The SMILES string of the molecule is Fc1ccccc1/[C]=N\OCc1c(F)c(F)c(F)c(F)c1F. The van der Waals surface area contributed by atoms with E-state index in [4.69, 9.17) is 0 Å². The van der Waals surface area contributed by atoms with Gasteiger partial charge < -0.3 is 4.84 Å². The molecule has 0 aliphatic carbocycles. The van der Waals surface area contributed by atoms with E-state index < -0.39 is 47.1 Å². The summed E-state index contributed by atoms with van der Waals surface area (Å²) in [7, 11) is 0. The number of nitrogens with zero attached hydrogens (tertiary/aromatic N) is 1. The first-order valence-corrected chi connectivity index (χ1v) is 5.76. The zero-order valence-corrected chi connectivity index (χ0v) is 10.6. The third-order valence-corrected chi connectivity index (χ3v) is 2.61. The van der Waals surface area contributed by atoms with E-state index >= 15 is 0 Å². The monoisotopic (exact) mass is 318 g/mol. The predicted molar refractivity (Wildman–Crippen MR) is 64.0 cm³/mol. The summed E-state index contributed by atoms with van der Waals surface area (Å²) in [6.45, 7) is -1.03. The molecule has 2 rings (SSSR count). The van der Waals surface area contributed by atoms with E-state index in [0.29, 0.717) is 0 Å². The van der Waals surface area contributed by atoms with Crippen LogP contribution in [0.25, 0.3) is 0 Å². The van der Waals surface area contributed by atoms with Crippen LogP contribution in [0.4, 0.5) is 26.3 Å². The Bertz CT molecular complexity index is 703. The van der Waals surface area contributed by atoms with Gasteiger partial charge in [0.15, 0.2) is 23.3 Å².